The lowest BCUT2D eigenvalue weighted by atomic mass is 10.1. The number of nitrogens with one attached hydrogen (secondary N) is 2. The van der Waals surface area contributed by atoms with E-state index in [1.165, 1.54) is 32.2 Å². The molecule has 0 aliphatic rings. The molecule has 0 aliphatic heterocycles. The zero-order valence-electron chi connectivity index (χ0n) is 20.5. The first-order valence-corrected chi connectivity index (χ1v) is 12.8. The smallest absolute Gasteiger partial charge is 0.417 e. The summed E-state index contributed by atoms with van der Waals surface area (Å²) in [5.74, 6) is -0.788. The molecule has 0 unspecified atom stereocenters. The van der Waals surface area contributed by atoms with E-state index in [1.807, 2.05) is 4.72 Å². The van der Waals surface area contributed by atoms with Gasteiger partial charge in [-0.05, 0) is 51.5 Å². The molecule has 0 fully saturated rings. The Morgan fingerprint density at radius 1 is 1.24 bits per heavy atom. The molecule has 0 spiro atoms. The Labute approximate surface area is 218 Å². The molecule has 204 valence electrons. The molecule has 1 amide bonds. The summed E-state index contributed by atoms with van der Waals surface area (Å²) < 4.78 is 83.3. The van der Waals surface area contributed by atoms with Gasteiger partial charge < -0.3 is 14.2 Å². The first-order valence-electron chi connectivity index (χ1n) is 10.9. The summed E-state index contributed by atoms with van der Waals surface area (Å²) in [4.78, 5) is 16.2. The van der Waals surface area contributed by atoms with Crippen LogP contribution in [0.5, 0.6) is 17.4 Å². The van der Waals surface area contributed by atoms with E-state index in [0.29, 0.717) is 31.0 Å². The van der Waals surface area contributed by atoms with E-state index in [-0.39, 0.29) is 40.4 Å². The van der Waals surface area contributed by atoms with Crippen molar-refractivity contribution in [2.45, 2.75) is 39.5 Å². The van der Waals surface area contributed by atoms with Crippen LogP contribution < -0.4 is 18.9 Å². The lowest BCUT2D eigenvalue weighted by molar-refractivity contribution is -0.137. The quantitative estimate of drug-likeness (QED) is 0.282. The van der Waals surface area contributed by atoms with Crippen LogP contribution in [0.25, 0.3) is 6.08 Å². The van der Waals surface area contributed by atoms with Gasteiger partial charge >= 0.3 is 16.4 Å². The van der Waals surface area contributed by atoms with Gasteiger partial charge in [0.05, 0.1) is 11.7 Å². The van der Waals surface area contributed by atoms with Crippen LogP contribution in [0.2, 0.25) is 5.02 Å². The summed E-state index contributed by atoms with van der Waals surface area (Å²) in [5, 5.41) is -0.389. The summed E-state index contributed by atoms with van der Waals surface area (Å²) in [6.07, 6.45) is -2.52. The standard InChI is InChI=1S/C23H27ClF3N3O6S/c1-14(2)35-18-7-6-16(10-15(3)21(31)30-37(32,33)29-8-5-9-34-4)20(12-18)36-22-19(24)11-17(13-28-22)23(25,26)27/h6-7,10-14,29H,5,8-9H2,1-4H3,(H,30,31). The Balaban J connectivity index is 2.33. The predicted octanol–water partition coefficient (Wildman–Crippen LogP) is 4.72. The molecular formula is C23H27ClF3N3O6S. The number of methoxy groups -OCH3 is 1. The van der Waals surface area contributed by atoms with Gasteiger partial charge in [-0.25, -0.2) is 9.71 Å². The summed E-state index contributed by atoms with van der Waals surface area (Å²) >= 11 is 5.97. The fourth-order valence-electron chi connectivity index (χ4n) is 2.79. The van der Waals surface area contributed by atoms with Crippen molar-refractivity contribution in [3.05, 3.63) is 52.2 Å². The van der Waals surface area contributed by atoms with Crippen molar-refractivity contribution in [1.29, 1.82) is 0 Å². The van der Waals surface area contributed by atoms with Gasteiger partial charge in [0.1, 0.15) is 16.5 Å². The van der Waals surface area contributed by atoms with Crippen LogP contribution in [0.3, 0.4) is 0 Å². The average molecular weight is 566 g/mol. The first kappa shape index (κ1) is 30.4. The third-order valence-electron chi connectivity index (χ3n) is 4.47. The number of rotatable bonds is 12. The number of hydrogen-bond donors (Lipinski definition) is 2. The second-order valence-corrected chi connectivity index (χ2v) is 9.89. The van der Waals surface area contributed by atoms with Crippen LogP contribution in [0.4, 0.5) is 13.2 Å². The van der Waals surface area contributed by atoms with Gasteiger partial charge in [0.2, 0.25) is 5.88 Å². The number of ether oxygens (including phenoxy) is 3. The van der Waals surface area contributed by atoms with Gasteiger partial charge in [0.25, 0.3) is 5.91 Å². The zero-order valence-corrected chi connectivity index (χ0v) is 22.1. The molecule has 14 heteroatoms. The molecule has 2 rings (SSSR count). The van der Waals surface area contributed by atoms with E-state index in [9.17, 15) is 26.4 Å². The topological polar surface area (TPSA) is 116 Å². The molecule has 0 atom stereocenters. The Kier molecular flexibility index (Phi) is 10.7. The monoisotopic (exact) mass is 565 g/mol. The third-order valence-corrected chi connectivity index (χ3v) is 5.78. The van der Waals surface area contributed by atoms with Gasteiger partial charge in [-0.1, -0.05) is 11.6 Å². The SMILES string of the molecule is COCCCNS(=O)(=O)NC(=O)C(C)=Cc1ccc(OC(C)C)cc1Oc1ncc(C(F)(F)F)cc1Cl. The zero-order chi connectivity index (χ0) is 27.8. The molecule has 1 heterocycles. The van der Waals surface area contributed by atoms with Crippen molar-refractivity contribution in [1.82, 2.24) is 14.4 Å². The summed E-state index contributed by atoms with van der Waals surface area (Å²) in [5.41, 5.74) is -0.769. The van der Waals surface area contributed by atoms with E-state index in [0.717, 1.165) is 0 Å². The van der Waals surface area contributed by atoms with Gasteiger partial charge in [-0.2, -0.15) is 26.3 Å². The number of benzene rings is 1. The number of amides is 1. The fraction of sp³-hybridized carbons (Fsp3) is 0.391. The predicted molar refractivity (Wildman–Crippen MR) is 132 cm³/mol. The largest absolute Gasteiger partial charge is 0.491 e. The molecule has 0 saturated carbocycles. The summed E-state index contributed by atoms with van der Waals surface area (Å²) in [6.45, 7) is 5.37. The van der Waals surface area contributed by atoms with Crippen molar-refractivity contribution in [2.24, 2.45) is 0 Å². The number of carbonyl (C=O) groups excluding carboxylic acids is 1. The van der Waals surface area contributed by atoms with Crippen molar-refractivity contribution < 1.29 is 40.6 Å². The Hall–Kier alpha value is -2.87. The minimum Gasteiger partial charge on any atom is -0.491 e. The van der Waals surface area contributed by atoms with Crippen molar-refractivity contribution in [3.63, 3.8) is 0 Å². The highest BCUT2D eigenvalue weighted by molar-refractivity contribution is 7.88. The van der Waals surface area contributed by atoms with E-state index < -0.39 is 27.9 Å². The molecule has 0 saturated heterocycles. The number of aromatic nitrogens is 1. The number of hydrogen-bond acceptors (Lipinski definition) is 7. The highest BCUT2D eigenvalue weighted by Crippen LogP contribution is 2.37. The maximum atomic E-state index is 13.0. The van der Waals surface area contributed by atoms with Crippen LogP contribution >= 0.6 is 11.6 Å². The molecule has 1 aromatic carbocycles. The number of halogens is 4. The summed E-state index contributed by atoms with van der Waals surface area (Å²) in [6, 6.07) is 5.23. The highest BCUT2D eigenvalue weighted by atomic mass is 35.5. The molecule has 2 N–H and O–H groups in total. The maximum Gasteiger partial charge on any atom is 0.417 e. The molecule has 37 heavy (non-hydrogen) atoms. The van der Waals surface area contributed by atoms with Crippen molar-refractivity contribution >= 4 is 33.8 Å². The Morgan fingerprint density at radius 3 is 2.54 bits per heavy atom. The van der Waals surface area contributed by atoms with Gasteiger partial charge in [-0.15, -0.1) is 0 Å². The average Bonchev–Trinajstić information content (AvgIpc) is 2.78. The molecule has 0 radical (unpaired) electrons. The second-order valence-electron chi connectivity index (χ2n) is 7.98. The lowest BCUT2D eigenvalue weighted by Crippen LogP contribution is -2.41. The van der Waals surface area contributed by atoms with Gasteiger partial charge in [0, 0.05) is 43.7 Å². The summed E-state index contributed by atoms with van der Waals surface area (Å²) in [7, 11) is -2.64. The minimum atomic E-state index is -4.64. The van der Waals surface area contributed by atoms with Gasteiger partial charge in [-0.3, -0.25) is 4.79 Å². The van der Waals surface area contributed by atoms with Crippen LogP contribution in [0, 0.1) is 0 Å². The van der Waals surface area contributed by atoms with Crippen molar-refractivity contribution in [3.8, 4) is 17.4 Å². The number of carbonyl (C=O) groups is 1. The third kappa shape index (κ3) is 9.84. The van der Waals surface area contributed by atoms with E-state index in [4.69, 9.17) is 25.8 Å². The molecular weight excluding hydrogens is 539 g/mol. The Morgan fingerprint density at radius 2 is 1.95 bits per heavy atom. The molecule has 9 nitrogen and oxygen atoms in total. The Bertz CT molecular complexity index is 1240. The van der Waals surface area contributed by atoms with Crippen molar-refractivity contribution in [2.75, 3.05) is 20.3 Å². The van der Waals surface area contributed by atoms with Crippen LogP contribution in [0.1, 0.15) is 38.3 Å². The van der Waals surface area contributed by atoms with Crippen LogP contribution in [-0.2, 0) is 25.9 Å². The molecule has 1 aromatic heterocycles. The minimum absolute atomic E-state index is 0.00359. The van der Waals surface area contributed by atoms with Crippen LogP contribution in [-0.4, -0.2) is 45.7 Å². The molecule has 2 aromatic rings. The second kappa shape index (κ2) is 13.1. The highest BCUT2D eigenvalue weighted by Gasteiger charge is 2.32. The van der Waals surface area contributed by atoms with E-state index >= 15 is 0 Å². The number of pyridine rings is 1. The normalized spacial score (nSPS) is 12.5. The first-order chi connectivity index (χ1) is 17.2. The number of alkyl halides is 3. The van der Waals surface area contributed by atoms with Crippen LogP contribution in [0.15, 0.2) is 36.0 Å². The maximum absolute atomic E-state index is 13.0. The van der Waals surface area contributed by atoms with E-state index in [2.05, 4.69) is 9.71 Å². The molecule has 0 bridgehead atoms. The van der Waals surface area contributed by atoms with Gasteiger partial charge in [0.15, 0.2) is 0 Å². The molecule has 0 aliphatic carbocycles. The number of nitrogens with zero attached hydrogens (tertiary/aromatic N) is 1. The fourth-order valence-corrected chi connectivity index (χ4v) is 3.88. The lowest BCUT2D eigenvalue weighted by Gasteiger charge is -2.15. The van der Waals surface area contributed by atoms with E-state index in [1.54, 1.807) is 19.9 Å².